The van der Waals surface area contributed by atoms with Crippen molar-refractivity contribution in [3.05, 3.63) is 82.8 Å². The largest absolute Gasteiger partial charge is 0.510 e. The molecule has 7 rings (SSSR count). The lowest BCUT2D eigenvalue weighted by Crippen LogP contribution is -2.51. The Labute approximate surface area is 335 Å². The zero-order chi connectivity index (χ0) is 41.2. The molecule has 0 bridgehead atoms. The lowest BCUT2D eigenvalue weighted by atomic mass is 10.0. The maximum Gasteiger partial charge on any atom is 0.407 e. The molecule has 3 aromatic heterocycles. The van der Waals surface area contributed by atoms with Crippen molar-refractivity contribution in [3.8, 4) is 22.5 Å². The van der Waals surface area contributed by atoms with E-state index in [0.717, 1.165) is 48.8 Å². The lowest BCUT2D eigenvalue weighted by Gasteiger charge is -2.30. The second kappa shape index (κ2) is 16.6. The summed E-state index contributed by atoms with van der Waals surface area (Å²) in [7, 11) is 2.69. The van der Waals surface area contributed by atoms with E-state index < -0.39 is 18.2 Å². The van der Waals surface area contributed by atoms with Crippen LogP contribution in [0.2, 0.25) is 0 Å². The number of imidazole rings is 2. The number of likely N-dealkylation sites (tertiary alicyclic amines) is 2. The fraction of sp³-hybridized carbons (Fsp3) is 0.429. The van der Waals surface area contributed by atoms with E-state index >= 15 is 0 Å². The van der Waals surface area contributed by atoms with Gasteiger partial charge in [-0.2, -0.15) is 0 Å². The predicted octanol–water partition coefficient (Wildman–Crippen LogP) is 5.79. The van der Waals surface area contributed by atoms with Crippen molar-refractivity contribution in [1.82, 2.24) is 45.4 Å². The van der Waals surface area contributed by atoms with E-state index in [2.05, 4.69) is 30.6 Å². The Kier molecular flexibility index (Phi) is 11.5. The first-order chi connectivity index (χ1) is 27.9. The number of alkyl carbamates (subject to hydrolysis) is 1. The Morgan fingerprint density at radius 1 is 0.759 bits per heavy atom. The summed E-state index contributed by atoms with van der Waals surface area (Å²) in [5, 5.41) is 16.2. The Hall–Kier alpha value is -6.32. The molecule has 58 heavy (non-hydrogen) atoms. The maximum atomic E-state index is 14.1. The third-order valence-electron chi connectivity index (χ3n) is 11.3. The minimum Gasteiger partial charge on any atom is -0.510 e. The summed E-state index contributed by atoms with van der Waals surface area (Å²) in [5.41, 5.74) is 4.22. The average molecular weight is 794 g/mol. The molecule has 0 radical (unpaired) electrons. The summed E-state index contributed by atoms with van der Waals surface area (Å²) in [5.74, 6) is 0.892. The number of pyridine rings is 1. The number of aromatic amines is 3. The second-order valence-corrected chi connectivity index (χ2v) is 15.6. The van der Waals surface area contributed by atoms with Crippen molar-refractivity contribution in [2.24, 2.45) is 11.8 Å². The molecule has 16 nitrogen and oxygen atoms in total. The molecule has 0 aliphatic carbocycles. The third-order valence-corrected chi connectivity index (χ3v) is 11.3. The van der Waals surface area contributed by atoms with Crippen LogP contribution in [0, 0.1) is 11.8 Å². The van der Waals surface area contributed by atoms with Gasteiger partial charge in [-0.15, -0.1) is 0 Å². The van der Waals surface area contributed by atoms with Gasteiger partial charge < -0.3 is 50.0 Å². The van der Waals surface area contributed by atoms with Crippen molar-refractivity contribution < 1.29 is 29.0 Å². The van der Waals surface area contributed by atoms with Gasteiger partial charge in [0.1, 0.15) is 30.0 Å². The standard InChI is InChI=1S/C42H51N9O7/c1-22(2)35(48-34(21-52)57-5)40(54)50-15-7-9-32(50)38-43-19-30(46-38)24-11-13-28-26(17-24)37(53)27-18-25(12-14-29(27)45-28)31-20-44-39(47-31)33-10-8-16-51(33)41(55)36(23(3)4)49-42(56)58-6/h11-14,17-23,32-33,35-36,48,52H,7-10,15-16H2,1-6H3,(H,43,46)(H,44,47)(H,45,53)(H,49,56)/t32-,33-,35-,36-/m0/s1. The number of hydrogen-bond acceptors (Lipinski definition) is 10. The summed E-state index contributed by atoms with van der Waals surface area (Å²) in [6.45, 7) is 8.74. The van der Waals surface area contributed by atoms with Crippen molar-refractivity contribution in [2.45, 2.75) is 77.5 Å². The van der Waals surface area contributed by atoms with Crippen LogP contribution in [0.1, 0.15) is 77.1 Å². The normalized spacial score (nSPS) is 18.3. The molecule has 6 N–H and O–H groups in total. The number of amides is 3. The molecule has 5 aromatic rings. The van der Waals surface area contributed by atoms with Crippen LogP contribution in [-0.2, 0) is 19.1 Å². The quantitative estimate of drug-likeness (QED) is 0.0662. The number of nitrogens with one attached hydrogen (secondary N) is 5. The summed E-state index contributed by atoms with van der Waals surface area (Å²) < 4.78 is 9.92. The van der Waals surface area contributed by atoms with Crippen LogP contribution < -0.4 is 16.1 Å². The van der Waals surface area contributed by atoms with Gasteiger partial charge in [0.25, 0.3) is 0 Å². The van der Waals surface area contributed by atoms with Crippen LogP contribution in [0.3, 0.4) is 0 Å². The van der Waals surface area contributed by atoms with E-state index in [1.54, 1.807) is 17.3 Å². The number of aliphatic hydroxyl groups is 1. The second-order valence-electron chi connectivity index (χ2n) is 15.6. The number of ether oxygens (including phenoxy) is 2. The smallest absolute Gasteiger partial charge is 0.407 e. The first-order valence-electron chi connectivity index (χ1n) is 19.7. The number of carbonyl (C=O) groups excluding carboxylic acids is 3. The summed E-state index contributed by atoms with van der Waals surface area (Å²) in [6.07, 6.45) is 6.68. The topological polar surface area (TPSA) is 211 Å². The Morgan fingerprint density at radius 3 is 1.67 bits per heavy atom. The SMILES string of the molecule is COC(=O)N[C@H](C(=O)N1CCC[C@H]1c1ncc(-c2ccc3[nH]c4ccc(-c5cnc([C@@H]6CCCN6C(=O)[C@@H](NC(=CO)OC)C(C)C)[nH]5)cc4c(=O)c3c2)[nH]1)C(C)C. The van der Waals surface area contributed by atoms with E-state index in [1.165, 1.54) is 14.2 Å². The Balaban J connectivity index is 1.13. The first-order valence-corrected chi connectivity index (χ1v) is 19.7. The average Bonchev–Trinajstić information content (AvgIpc) is 4.06. The number of fused-ring (bicyclic) bond motifs is 2. The monoisotopic (exact) mass is 793 g/mol. The van der Waals surface area contributed by atoms with Gasteiger partial charge in [0.15, 0.2) is 5.43 Å². The Morgan fingerprint density at radius 2 is 1.24 bits per heavy atom. The number of methoxy groups -OCH3 is 2. The van der Waals surface area contributed by atoms with Crippen molar-refractivity contribution in [3.63, 3.8) is 0 Å². The highest BCUT2D eigenvalue weighted by Crippen LogP contribution is 2.35. The van der Waals surface area contributed by atoms with Gasteiger partial charge in [-0.25, -0.2) is 14.8 Å². The molecule has 0 spiro atoms. The van der Waals surface area contributed by atoms with Gasteiger partial charge in [-0.05, 0) is 61.8 Å². The van der Waals surface area contributed by atoms with Gasteiger partial charge in [0.05, 0.1) is 50.1 Å². The zero-order valence-corrected chi connectivity index (χ0v) is 33.6. The molecular formula is C42H51N9O7. The van der Waals surface area contributed by atoms with Crippen LogP contribution in [0.15, 0.2) is 65.7 Å². The molecule has 0 saturated carbocycles. The fourth-order valence-corrected chi connectivity index (χ4v) is 8.11. The molecule has 2 saturated heterocycles. The van der Waals surface area contributed by atoms with Gasteiger partial charge >= 0.3 is 6.09 Å². The molecule has 0 unspecified atom stereocenters. The highest BCUT2D eigenvalue weighted by Gasteiger charge is 2.39. The summed E-state index contributed by atoms with van der Waals surface area (Å²) in [6, 6.07) is 9.40. The molecule has 2 aliphatic heterocycles. The Bertz CT molecular complexity index is 2410. The van der Waals surface area contributed by atoms with Gasteiger partial charge in [-0.1, -0.05) is 39.8 Å². The summed E-state index contributed by atoms with van der Waals surface area (Å²) in [4.78, 5) is 76.7. The van der Waals surface area contributed by atoms with Crippen molar-refractivity contribution in [1.29, 1.82) is 0 Å². The molecule has 5 heterocycles. The molecule has 4 atom stereocenters. The molecular weight excluding hydrogens is 743 g/mol. The van der Waals surface area contributed by atoms with E-state index in [4.69, 9.17) is 14.5 Å². The molecule has 2 aromatic carbocycles. The zero-order valence-electron chi connectivity index (χ0n) is 33.6. The van der Waals surface area contributed by atoms with Crippen LogP contribution in [0.4, 0.5) is 4.79 Å². The number of aromatic nitrogens is 5. The third kappa shape index (κ3) is 7.70. The number of carbonyl (C=O) groups is 3. The van der Waals surface area contributed by atoms with Crippen molar-refractivity contribution in [2.75, 3.05) is 27.3 Å². The fourth-order valence-electron chi connectivity index (χ4n) is 8.11. The van der Waals surface area contributed by atoms with Gasteiger partial charge in [0, 0.05) is 46.0 Å². The molecule has 16 heteroatoms. The minimum absolute atomic E-state index is 0.0761. The number of nitrogens with zero attached hydrogens (tertiary/aromatic N) is 4. The highest BCUT2D eigenvalue weighted by molar-refractivity contribution is 5.96. The molecule has 2 fully saturated rings. The van der Waals surface area contributed by atoms with Gasteiger partial charge in [-0.3, -0.25) is 14.4 Å². The first kappa shape index (κ1) is 39.9. The van der Waals surface area contributed by atoms with Crippen LogP contribution in [0.25, 0.3) is 44.3 Å². The number of benzene rings is 2. The number of hydrogen-bond donors (Lipinski definition) is 6. The maximum absolute atomic E-state index is 14.1. The molecule has 2 aliphatic rings. The van der Waals surface area contributed by atoms with Crippen LogP contribution in [0.5, 0.6) is 0 Å². The summed E-state index contributed by atoms with van der Waals surface area (Å²) >= 11 is 0. The highest BCUT2D eigenvalue weighted by atomic mass is 16.5. The number of H-pyrrole nitrogens is 3. The number of aliphatic hydroxyl groups excluding tert-OH is 1. The van der Waals surface area contributed by atoms with E-state index in [0.29, 0.717) is 52.2 Å². The number of rotatable bonds is 12. The van der Waals surface area contributed by atoms with E-state index in [-0.39, 0.29) is 47.0 Å². The molecule has 306 valence electrons. The van der Waals surface area contributed by atoms with E-state index in [1.807, 2.05) is 69.0 Å². The predicted molar refractivity (Wildman–Crippen MR) is 218 cm³/mol. The van der Waals surface area contributed by atoms with Crippen molar-refractivity contribution >= 4 is 39.7 Å². The molecule has 3 amide bonds. The van der Waals surface area contributed by atoms with E-state index in [9.17, 15) is 24.3 Å². The van der Waals surface area contributed by atoms with Crippen LogP contribution in [-0.4, -0.2) is 97.1 Å². The van der Waals surface area contributed by atoms with Crippen LogP contribution >= 0.6 is 0 Å². The lowest BCUT2D eigenvalue weighted by molar-refractivity contribution is -0.136. The van der Waals surface area contributed by atoms with Gasteiger partial charge in [0.2, 0.25) is 17.7 Å². The minimum atomic E-state index is -0.735.